The Kier molecular flexibility index (Phi) is 4.28. The Morgan fingerprint density at radius 1 is 1.58 bits per heavy atom. The molecule has 0 aliphatic rings. The van der Waals surface area contributed by atoms with Gasteiger partial charge in [-0.25, -0.2) is 14.2 Å². The molecule has 0 bridgehead atoms. The maximum atomic E-state index is 13.8. The Morgan fingerprint density at radius 3 is 2.95 bits per heavy atom. The molecule has 0 atom stereocenters. The van der Waals surface area contributed by atoms with Crippen molar-refractivity contribution in [3.63, 3.8) is 0 Å². The van der Waals surface area contributed by atoms with Crippen LogP contribution >= 0.6 is 27.3 Å². The Hall–Kier alpha value is -1.31. The summed E-state index contributed by atoms with van der Waals surface area (Å²) >= 11 is 4.18. The van der Waals surface area contributed by atoms with Crippen LogP contribution in [-0.4, -0.2) is 23.2 Å². The Morgan fingerprint density at radius 2 is 2.32 bits per heavy atom. The standard InChI is InChI=1S/C12H9BrFNO3S/c1-18-5-9-10(12(16)17)19-11(15-9)7-4-6(13)2-3-8(7)14/h2-4H,5H2,1H3,(H,16,17). The second-order valence-corrected chi connectivity index (χ2v) is 5.57. The van der Waals surface area contributed by atoms with Gasteiger partial charge in [-0.05, 0) is 18.2 Å². The third-order valence-electron chi connectivity index (χ3n) is 2.33. The average molecular weight is 346 g/mol. The van der Waals surface area contributed by atoms with E-state index in [0.29, 0.717) is 15.2 Å². The quantitative estimate of drug-likeness (QED) is 0.920. The molecule has 0 fully saturated rings. The summed E-state index contributed by atoms with van der Waals surface area (Å²) in [6, 6.07) is 4.44. The van der Waals surface area contributed by atoms with Crippen molar-refractivity contribution in [3.05, 3.63) is 39.1 Å². The highest BCUT2D eigenvalue weighted by Crippen LogP contribution is 2.32. The molecular weight excluding hydrogens is 337 g/mol. The number of methoxy groups -OCH3 is 1. The topological polar surface area (TPSA) is 59.4 Å². The van der Waals surface area contributed by atoms with Crippen LogP contribution in [0.25, 0.3) is 10.6 Å². The van der Waals surface area contributed by atoms with E-state index in [0.717, 1.165) is 11.3 Å². The molecule has 19 heavy (non-hydrogen) atoms. The van der Waals surface area contributed by atoms with Crippen LogP contribution in [0.5, 0.6) is 0 Å². The molecule has 0 saturated heterocycles. The lowest BCUT2D eigenvalue weighted by Gasteiger charge is -1.99. The molecule has 0 radical (unpaired) electrons. The lowest BCUT2D eigenvalue weighted by Crippen LogP contribution is -1.99. The molecule has 100 valence electrons. The number of thiazole rings is 1. The summed E-state index contributed by atoms with van der Waals surface area (Å²) in [7, 11) is 1.45. The summed E-state index contributed by atoms with van der Waals surface area (Å²) in [5, 5.41) is 9.41. The number of benzene rings is 1. The average Bonchev–Trinajstić information content (AvgIpc) is 2.77. The lowest BCUT2D eigenvalue weighted by atomic mass is 10.2. The van der Waals surface area contributed by atoms with E-state index in [1.54, 1.807) is 12.1 Å². The first kappa shape index (κ1) is 14.1. The zero-order valence-corrected chi connectivity index (χ0v) is 12.2. The summed E-state index contributed by atoms with van der Waals surface area (Å²) in [4.78, 5) is 15.3. The van der Waals surface area contributed by atoms with Crippen LogP contribution in [0.1, 0.15) is 15.4 Å². The minimum Gasteiger partial charge on any atom is -0.477 e. The van der Waals surface area contributed by atoms with Gasteiger partial charge in [0.25, 0.3) is 0 Å². The Labute approximate surface area is 121 Å². The van der Waals surface area contributed by atoms with Gasteiger partial charge >= 0.3 is 5.97 Å². The van der Waals surface area contributed by atoms with Crippen molar-refractivity contribution in [2.45, 2.75) is 6.61 Å². The predicted molar refractivity (Wildman–Crippen MR) is 72.9 cm³/mol. The van der Waals surface area contributed by atoms with Crippen LogP contribution in [0.2, 0.25) is 0 Å². The number of nitrogens with zero attached hydrogens (tertiary/aromatic N) is 1. The van der Waals surface area contributed by atoms with Gasteiger partial charge < -0.3 is 9.84 Å². The van der Waals surface area contributed by atoms with E-state index in [1.165, 1.54) is 13.2 Å². The van der Waals surface area contributed by atoms with Crippen molar-refractivity contribution in [3.8, 4) is 10.6 Å². The van der Waals surface area contributed by atoms with Gasteiger partial charge in [0, 0.05) is 17.1 Å². The van der Waals surface area contributed by atoms with Crippen molar-refractivity contribution >= 4 is 33.2 Å². The highest BCUT2D eigenvalue weighted by atomic mass is 79.9. The fraction of sp³-hybridized carbons (Fsp3) is 0.167. The number of carboxylic acids is 1. The summed E-state index contributed by atoms with van der Waals surface area (Å²) in [6.45, 7) is 0.0771. The van der Waals surface area contributed by atoms with Crippen molar-refractivity contribution in [2.75, 3.05) is 7.11 Å². The SMILES string of the molecule is COCc1nc(-c2cc(Br)ccc2F)sc1C(=O)O. The van der Waals surface area contributed by atoms with Gasteiger partial charge in [-0.1, -0.05) is 15.9 Å². The Balaban J connectivity index is 2.53. The van der Waals surface area contributed by atoms with Crippen LogP contribution in [-0.2, 0) is 11.3 Å². The number of aromatic nitrogens is 1. The number of aromatic carboxylic acids is 1. The number of hydrogen-bond donors (Lipinski definition) is 1. The molecule has 0 aliphatic carbocycles. The number of halogens is 2. The first-order chi connectivity index (χ1) is 9.02. The van der Waals surface area contributed by atoms with Crippen LogP contribution < -0.4 is 0 Å². The zero-order valence-electron chi connectivity index (χ0n) is 9.81. The molecule has 1 aromatic heterocycles. The molecule has 0 spiro atoms. The van der Waals surface area contributed by atoms with Gasteiger partial charge in [0.15, 0.2) is 0 Å². The molecule has 0 unspecified atom stereocenters. The third-order valence-corrected chi connectivity index (χ3v) is 3.94. The number of carbonyl (C=O) groups is 1. The minimum atomic E-state index is -1.09. The second-order valence-electron chi connectivity index (χ2n) is 3.66. The fourth-order valence-electron chi connectivity index (χ4n) is 1.53. The molecule has 0 aliphatic heterocycles. The highest BCUT2D eigenvalue weighted by molar-refractivity contribution is 9.10. The molecule has 1 N–H and O–H groups in total. The van der Waals surface area contributed by atoms with E-state index < -0.39 is 11.8 Å². The number of rotatable bonds is 4. The lowest BCUT2D eigenvalue weighted by molar-refractivity contribution is 0.0697. The number of carboxylic acid groups (broad SMARTS) is 1. The van der Waals surface area contributed by atoms with E-state index in [-0.39, 0.29) is 17.0 Å². The summed E-state index contributed by atoms with van der Waals surface area (Å²) < 4.78 is 19.3. The van der Waals surface area contributed by atoms with E-state index in [4.69, 9.17) is 9.84 Å². The molecule has 2 rings (SSSR count). The maximum Gasteiger partial charge on any atom is 0.347 e. The van der Waals surface area contributed by atoms with Gasteiger partial charge in [0.2, 0.25) is 0 Å². The van der Waals surface area contributed by atoms with Crippen LogP contribution in [0, 0.1) is 5.82 Å². The largest absolute Gasteiger partial charge is 0.477 e. The van der Waals surface area contributed by atoms with E-state index >= 15 is 0 Å². The van der Waals surface area contributed by atoms with Crippen molar-refractivity contribution in [2.24, 2.45) is 0 Å². The predicted octanol–water partition coefficient (Wildman–Crippen LogP) is 3.56. The van der Waals surface area contributed by atoms with Crippen LogP contribution in [0.3, 0.4) is 0 Å². The minimum absolute atomic E-state index is 0.0659. The molecule has 7 heteroatoms. The van der Waals surface area contributed by atoms with Crippen molar-refractivity contribution < 1.29 is 19.0 Å². The summed E-state index contributed by atoms with van der Waals surface area (Å²) in [5.74, 6) is -1.54. The summed E-state index contributed by atoms with van der Waals surface area (Å²) in [5.41, 5.74) is 0.568. The van der Waals surface area contributed by atoms with Gasteiger partial charge in [-0.15, -0.1) is 11.3 Å². The van der Waals surface area contributed by atoms with E-state index in [2.05, 4.69) is 20.9 Å². The zero-order chi connectivity index (χ0) is 14.0. The first-order valence-electron chi connectivity index (χ1n) is 5.20. The smallest absolute Gasteiger partial charge is 0.347 e. The molecule has 0 amide bonds. The first-order valence-corrected chi connectivity index (χ1v) is 6.81. The molecule has 1 aromatic carbocycles. The van der Waals surface area contributed by atoms with Gasteiger partial charge in [-0.3, -0.25) is 0 Å². The van der Waals surface area contributed by atoms with Crippen molar-refractivity contribution in [1.82, 2.24) is 4.98 Å². The number of hydrogen-bond acceptors (Lipinski definition) is 4. The van der Waals surface area contributed by atoms with Crippen LogP contribution in [0.4, 0.5) is 4.39 Å². The molecule has 2 aromatic rings. The van der Waals surface area contributed by atoms with E-state index in [9.17, 15) is 9.18 Å². The normalized spacial score (nSPS) is 10.7. The molecule has 1 heterocycles. The molecular formula is C12H9BrFNO3S. The maximum absolute atomic E-state index is 13.8. The second kappa shape index (κ2) is 5.77. The molecule has 4 nitrogen and oxygen atoms in total. The fourth-order valence-corrected chi connectivity index (χ4v) is 2.82. The van der Waals surface area contributed by atoms with Crippen LogP contribution in [0.15, 0.2) is 22.7 Å². The summed E-state index contributed by atoms with van der Waals surface area (Å²) in [6.07, 6.45) is 0. The van der Waals surface area contributed by atoms with E-state index in [1.807, 2.05) is 0 Å². The monoisotopic (exact) mass is 345 g/mol. The third kappa shape index (κ3) is 2.99. The van der Waals surface area contributed by atoms with Gasteiger partial charge in [-0.2, -0.15) is 0 Å². The molecule has 0 saturated carbocycles. The van der Waals surface area contributed by atoms with Crippen molar-refractivity contribution in [1.29, 1.82) is 0 Å². The van der Waals surface area contributed by atoms with Gasteiger partial charge in [0.1, 0.15) is 15.7 Å². The van der Waals surface area contributed by atoms with Gasteiger partial charge in [0.05, 0.1) is 12.3 Å². The highest BCUT2D eigenvalue weighted by Gasteiger charge is 2.19. The number of ether oxygens (including phenoxy) is 1. The Bertz CT molecular complexity index is 629.